The van der Waals surface area contributed by atoms with Crippen molar-refractivity contribution in [2.75, 3.05) is 0 Å². The number of benzene rings is 1. The molecule has 0 heterocycles. The van der Waals surface area contributed by atoms with Crippen molar-refractivity contribution in [3.05, 3.63) is 29.8 Å². The van der Waals surface area contributed by atoms with E-state index in [2.05, 4.69) is 0 Å². The van der Waals surface area contributed by atoms with Crippen molar-refractivity contribution in [3.8, 4) is 0 Å². The molecule has 0 saturated carbocycles. The van der Waals surface area contributed by atoms with Crippen molar-refractivity contribution < 1.29 is 14.6 Å². The first kappa shape index (κ1) is 8.34. The second-order valence-corrected chi connectivity index (χ2v) is 3.16. The first-order valence-electron chi connectivity index (χ1n) is 3.10. The van der Waals surface area contributed by atoms with Gasteiger partial charge >= 0.3 is 8.03 Å². The summed E-state index contributed by atoms with van der Waals surface area (Å²) in [5.41, 5.74) is 0.741. The van der Waals surface area contributed by atoms with Gasteiger partial charge in [0.05, 0.1) is 6.61 Å². The Balaban J connectivity index is 2.91. The molecule has 0 bridgehead atoms. The van der Waals surface area contributed by atoms with E-state index in [1.807, 2.05) is 0 Å². The molecule has 58 valence electrons. The van der Waals surface area contributed by atoms with Crippen molar-refractivity contribution in [2.24, 2.45) is 0 Å². The molecule has 0 aliphatic heterocycles. The smallest absolute Gasteiger partial charge is 0.392 e. The van der Waals surface area contributed by atoms with Crippen LogP contribution in [0, 0.1) is 0 Å². The highest BCUT2D eigenvalue weighted by molar-refractivity contribution is 7.47. The Kier molecular flexibility index (Phi) is 2.71. The van der Waals surface area contributed by atoms with E-state index in [4.69, 9.17) is 10.00 Å². The van der Waals surface area contributed by atoms with Crippen LogP contribution in [0.2, 0.25) is 0 Å². The highest BCUT2D eigenvalue weighted by Crippen LogP contribution is 2.12. The maximum absolute atomic E-state index is 10.5. The zero-order chi connectivity index (χ0) is 8.27. The molecule has 2 N–H and O–H groups in total. The molecule has 0 saturated heterocycles. The van der Waals surface area contributed by atoms with E-state index in [-0.39, 0.29) is 6.61 Å². The van der Waals surface area contributed by atoms with Crippen molar-refractivity contribution >= 4 is 13.3 Å². The zero-order valence-electron chi connectivity index (χ0n) is 5.77. The van der Waals surface area contributed by atoms with Crippen LogP contribution in [0.3, 0.4) is 0 Å². The summed E-state index contributed by atoms with van der Waals surface area (Å²) in [6.07, 6.45) is 0. The highest BCUT2D eigenvalue weighted by atomic mass is 31.1. The molecule has 0 aromatic heterocycles. The van der Waals surface area contributed by atoms with E-state index in [0.29, 0.717) is 5.30 Å². The van der Waals surface area contributed by atoms with E-state index in [9.17, 15) is 4.57 Å². The summed E-state index contributed by atoms with van der Waals surface area (Å²) in [6, 6.07) is 6.31. The van der Waals surface area contributed by atoms with Crippen LogP contribution in [0.4, 0.5) is 0 Å². The lowest BCUT2D eigenvalue weighted by atomic mass is 10.2. The van der Waals surface area contributed by atoms with Crippen LogP contribution in [0.25, 0.3) is 0 Å². The van der Waals surface area contributed by atoms with Crippen molar-refractivity contribution in [2.45, 2.75) is 6.61 Å². The molecule has 4 heteroatoms. The minimum absolute atomic E-state index is 0.0392. The van der Waals surface area contributed by atoms with Gasteiger partial charge in [-0.2, -0.15) is 4.89 Å². The predicted octanol–water partition coefficient (Wildman–Crippen LogP) is 0.539. The zero-order valence-corrected chi connectivity index (χ0v) is 6.66. The fourth-order valence-corrected chi connectivity index (χ4v) is 1.13. The van der Waals surface area contributed by atoms with Gasteiger partial charge in [0.25, 0.3) is 0 Å². The Morgan fingerprint density at radius 2 is 1.82 bits per heavy atom. The third kappa shape index (κ3) is 2.09. The topological polar surface area (TPSA) is 57.5 Å². The minimum Gasteiger partial charge on any atom is -0.392 e. The largest absolute Gasteiger partial charge is 0.546 e. The molecule has 0 fully saturated rings. The SMILES string of the molecule is O=[P+](O)c1ccc(CO)cc1. The number of aliphatic hydroxyl groups excluding tert-OH is 1. The monoisotopic (exact) mass is 171 g/mol. The highest BCUT2D eigenvalue weighted by Gasteiger charge is 2.14. The Labute approximate surface area is 65.2 Å². The summed E-state index contributed by atoms with van der Waals surface area (Å²) in [7, 11) is -2.24. The number of aliphatic hydroxyl groups is 1. The molecule has 1 aromatic carbocycles. The van der Waals surface area contributed by atoms with E-state index in [0.717, 1.165) is 5.56 Å². The minimum atomic E-state index is -2.24. The van der Waals surface area contributed by atoms with Gasteiger partial charge in [0, 0.05) is 0 Å². The second-order valence-electron chi connectivity index (χ2n) is 2.10. The van der Waals surface area contributed by atoms with Crippen LogP contribution >= 0.6 is 8.03 Å². The summed E-state index contributed by atoms with van der Waals surface area (Å²) in [4.78, 5) is 8.63. The van der Waals surface area contributed by atoms with Gasteiger partial charge in [0.1, 0.15) is 0 Å². The summed E-state index contributed by atoms with van der Waals surface area (Å²) in [6.45, 7) is -0.0392. The van der Waals surface area contributed by atoms with Crippen LogP contribution in [-0.2, 0) is 11.2 Å². The van der Waals surface area contributed by atoms with Gasteiger partial charge in [-0.15, -0.1) is 0 Å². The summed E-state index contributed by atoms with van der Waals surface area (Å²) in [5.74, 6) is 0. The third-order valence-corrected chi connectivity index (χ3v) is 2.08. The van der Waals surface area contributed by atoms with Gasteiger partial charge in [0.2, 0.25) is 5.30 Å². The Morgan fingerprint density at radius 1 is 1.27 bits per heavy atom. The van der Waals surface area contributed by atoms with Gasteiger partial charge in [-0.3, -0.25) is 0 Å². The van der Waals surface area contributed by atoms with Gasteiger partial charge in [-0.1, -0.05) is 12.1 Å². The lowest BCUT2D eigenvalue weighted by Gasteiger charge is -1.90. The molecule has 1 rings (SSSR count). The van der Waals surface area contributed by atoms with Crippen molar-refractivity contribution in [1.82, 2.24) is 0 Å². The van der Waals surface area contributed by atoms with E-state index >= 15 is 0 Å². The van der Waals surface area contributed by atoms with Crippen molar-refractivity contribution in [1.29, 1.82) is 0 Å². The first-order chi connectivity index (χ1) is 5.24. The van der Waals surface area contributed by atoms with Crippen molar-refractivity contribution in [3.63, 3.8) is 0 Å². The molecule has 1 unspecified atom stereocenters. The van der Waals surface area contributed by atoms with Gasteiger partial charge < -0.3 is 5.11 Å². The number of hydrogen-bond donors (Lipinski definition) is 2. The van der Waals surface area contributed by atoms with Crippen LogP contribution in [0.15, 0.2) is 24.3 Å². The molecular weight excluding hydrogens is 163 g/mol. The fraction of sp³-hybridized carbons (Fsp3) is 0.143. The third-order valence-electron chi connectivity index (χ3n) is 1.34. The quantitative estimate of drug-likeness (QED) is 0.638. The number of hydrogen-bond acceptors (Lipinski definition) is 2. The second kappa shape index (κ2) is 3.58. The van der Waals surface area contributed by atoms with Gasteiger partial charge in [0.15, 0.2) is 0 Å². The molecule has 0 spiro atoms. The van der Waals surface area contributed by atoms with E-state index in [1.165, 1.54) is 12.1 Å². The maximum Gasteiger partial charge on any atom is 0.546 e. The van der Waals surface area contributed by atoms with Crippen LogP contribution in [0.5, 0.6) is 0 Å². The molecule has 11 heavy (non-hydrogen) atoms. The Bertz CT molecular complexity index is 255. The molecular formula is C7H8O3P+. The van der Waals surface area contributed by atoms with E-state index < -0.39 is 8.03 Å². The van der Waals surface area contributed by atoms with Gasteiger partial charge in [-0.25, -0.2) is 0 Å². The predicted molar refractivity (Wildman–Crippen MR) is 41.8 cm³/mol. The standard InChI is InChI=1S/C7H7O3P/c8-5-6-1-3-7(4-2-6)11(9)10/h1-4,8H,5H2/p+1. The molecule has 3 nitrogen and oxygen atoms in total. The molecule has 0 radical (unpaired) electrons. The summed E-state index contributed by atoms with van der Waals surface area (Å²) in [5, 5.41) is 9.02. The van der Waals surface area contributed by atoms with Crippen LogP contribution < -0.4 is 5.30 Å². The summed E-state index contributed by atoms with van der Waals surface area (Å²) >= 11 is 0. The average molecular weight is 171 g/mol. The van der Waals surface area contributed by atoms with Crippen LogP contribution in [-0.4, -0.2) is 10.00 Å². The lowest BCUT2D eigenvalue weighted by molar-refractivity contribution is 0.282. The summed E-state index contributed by atoms with van der Waals surface area (Å²) < 4.78 is 10.5. The van der Waals surface area contributed by atoms with E-state index in [1.54, 1.807) is 12.1 Å². The normalized spacial score (nSPS) is 11.3. The molecule has 1 atom stereocenters. The molecule has 0 aliphatic rings. The number of rotatable bonds is 2. The maximum atomic E-state index is 10.5. The fourth-order valence-electron chi connectivity index (χ4n) is 0.729. The van der Waals surface area contributed by atoms with Crippen LogP contribution in [0.1, 0.15) is 5.56 Å². The Morgan fingerprint density at radius 3 is 2.18 bits per heavy atom. The molecule has 0 amide bonds. The lowest BCUT2D eigenvalue weighted by Crippen LogP contribution is -1.95. The first-order valence-corrected chi connectivity index (χ1v) is 4.31. The average Bonchev–Trinajstić information content (AvgIpc) is 2.05. The molecule has 0 aliphatic carbocycles. The van der Waals surface area contributed by atoms with Gasteiger partial charge in [-0.05, 0) is 22.3 Å². The molecule has 1 aromatic rings. The Hall–Kier alpha value is -0.760.